The smallest absolute Gasteiger partial charge is 0.328 e. The number of carbonyl (C=O) groups excluding carboxylic acids is 2. The van der Waals surface area contributed by atoms with Gasteiger partial charge in [-0.05, 0) is 31.5 Å². The molecule has 1 amide bonds. The molecule has 2 rings (SSSR count). The highest BCUT2D eigenvalue weighted by Gasteiger charge is 2.19. The highest BCUT2D eigenvalue weighted by atomic mass is 16.6. The molecule has 7 heteroatoms. The van der Waals surface area contributed by atoms with Crippen LogP contribution in [0.25, 0.3) is 0 Å². The zero-order chi connectivity index (χ0) is 18.4. The fourth-order valence-corrected chi connectivity index (χ4v) is 2.23. The Morgan fingerprint density at radius 1 is 1.16 bits per heavy atom. The predicted octanol–water partition coefficient (Wildman–Crippen LogP) is 2.76. The van der Waals surface area contributed by atoms with Crippen molar-refractivity contribution in [2.45, 2.75) is 26.5 Å². The van der Waals surface area contributed by atoms with Crippen LogP contribution in [0.3, 0.4) is 0 Å². The molecule has 0 aromatic heterocycles. The van der Waals surface area contributed by atoms with Crippen LogP contribution in [0.5, 0.6) is 0 Å². The fourth-order valence-electron chi connectivity index (χ4n) is 2.23. The number of nitro groups is 1. The summed E-state index contributed by atoms with van der Waals surface area (Å²) in [6.45, 7) is 3.02. The number of ether oxygens (including phenoxy) is 1. The van der Waals surface area contributed by atoms with Crippen LogP contribution < -0.4 is 5.32 Å². The normalized spacial score (nSPS) is 11.4. The van der Waals surface area contributed by atoms with Crippen LogP contribution in [0.4, 0.5) is 5.69 Å². The Morgan fingerprint density at radius 3 is 2.48 bits per heavy atom. The van der Waals surface area contributed by atoms with Crippen molar-refractivity contribution in [1.82, 2.24) is 5.32 Å². The summed E-state index contributed by atoms with van der Waals surface area (Å²) in [4.78, 5) is 34.5. The number of benzene rings is 2. The van der Waals surface area contributed by atoms with Gasteiger partial charge in [0.1, 0.15) is 12.6 Å². The quantitative estimate of drug-likeness (QED) is 0.494. The molecule has 0 saturated heterocycles. The fraction of sp³-hybridized carbons (Fsp3) is 0.222. The molecule has 1 atom stereocenters. The molecular weight excluding hydrogens is 324 g/mol. The van der Waals surface area contributed by atoms with Gasteiger partial charge in [-0.1, -0.05) is 30.3 Å². The van der Waals surface area contributed by atoms with Crippen molar-refractivity contribution in [3.63, 3.8) is 0 Å². The second-order valence-electron chi connectivity index (χ2n) is 5.49. The van der Waals surface area contributed by atoms with E-state index in [1.165, 1.54) is 19.1 Å². The Balaban J connectivity index is 1.95. The molecule has 0 saturated carbocycles. The first-order valence-electron chi connectivity index (χ1n) is 7.65. The molecule has 0 spiro atoms. The van der Waals surface area contributed by atoms with E-state index in [0.29, 0.717) is 16.7 Å². The number of rotatable bonds is 6. The van der Waals surface area contributed by atoms with Crippen LogP contribution in [0.15, 0.2) is 48.5 Å². The number of nitrogens with one attached hydrogen (secondary N) is 1. The third-order valence-corrected chi connectivity index (χ3v) is 3.72. The first-order valence-corrected chi connectivity index (χ1v) is 7.65. The standard InChI is InChI=1S/C18H18N2O5/c1-12-15(9-6-10-16(12)20(23)24)11-25-18(22)13(2)19-17(21)14-7-4-3-5-8-14/h3-10,13H,11H2,1-2H3,(H,19,21)/t13-/m0/s1. The molecule has 0 aliphatic carbocycles. The lowest BCUT2D eigenvalue weighted by Crippen LogP contribution is -2.39. The summed E-state index contributed by atoms with van der Waals surface area (Å²) in [5, 5.41) is 13.5. The second-order valence-corrected chi connectivity index (χ2v) is 5.49. The molecule has 0 radical (unpaired) electrons. The highest BCUT2D eigenvalue weighted by molar-refractivity contribution is 5.96. The highest BCUT2D eigenvalue weighted by Crippen LogP contribution is 2.21. The predicted molar refractivity (Wildman–Crippen MR) is 91.0 cm³/mol. The molecule has 0 aliphatic heterocycles. The lowest BCUT2D eigenvalue weighted by Gasteiger charge is -2.14. The number of nitro benzene ring substituents is 1. The van der Waals surface area contributed by atoms with Crippen LogP contribution in [0.2, 0.25) is 0 Å². The van der Waals surface area contributed by atoms with Crippen LogP contribution in [0, 0.1) is 17.0 Å². The summed E-state index contributed by atoms with van der Waals surface area (Å²) in [6.07, 6.45) is 0. The number of hydrogen-bond acceptors (Lipinski definition) is 5. The monoisotopic (exact) mass is 342 g/mol. The van der Waals surface area contributed by atoms with Crippen LogP contribution >= 0.6 is 0 Å². The lowest BCUT2D eigenvalue weighted by atomic mass is 10.1. The van der Waals surface area contributed by atoms with Gasteiger partial charge < -0.3 is 10.1 Å². The number of hydrogen-bond donors (Lipinski definition) is 1. The summed E-state index contributed by atoms with van der Waals surface area (Å²) in [6, 6.07) is 12.3. The van der Waals surface area contributed by atoms with Gasteiger partial charge in [0.15, 0.2) is 0 Å². The van der Waals surface area contributed by atoms with Gasteiger partial charge in [-0.25, -0.2) is 4.79 Å². The molecule has 2 aromatic carbocycles. The van der Waals surface area contributed by atoms with Gasteiger partial charge in [-0.15, -0.1) is 0 Å². The van der Waals surface area contributed by atoms with Gasteiger partial charge >= 0.3 is 5.97 Å². The van der Waals surface area contributed by atoms with Crippen molar-refractivity contribution in [2.24, 2.45) is 0 Å². The molecular formula is C18H18N2O5. The maximum absolute atomic E-state index is 12.0. The molecule has 0 bridgehead atoms. The van der Waals surface area contributed by atoms with E-state index < -0.39 is 16.9 Å². The maximum Gasteiger partial charge on any atom is 0.328 e. The summed E-state index contributed by atoms with van der Waals surface area (Å²) in [5.74, 6) is -0.994. The Kier molecular flexibility index (Phi) is 5.84. The van der Waals surface area contributed by atoms with Crippen molar-refractivity contribution < 1.29 is 19.2 Å². The largest absolute Gasteiger partial charge is 0.459 e. The number of carbonyl (C=O) groups is 2. The minimum absolute atomic E-state index is 0.0287. The Labute approximate surface area is 144 Å². The van der Waals surface area contributed by atoms with E-state index in [0.717, 1.165) is 0 Å². The SMILES string of the molecule is Cc1c(COC(=O)[C@H](C)NC(=O)c2ccccc2)cccc1[N+](=O)[O-]. The molecule has 130 valence electrons. The van der Waals surface area contributed by atoms with E-state index in [-0.39, 0.29) is 18.2 Å². The van der Waals surface area contributed by atoms with Gasteiger partial charge in [-0.2, -0.15) is 0 Å². The molecule has 25 heavy (non-hydrogen) atoms. The van der Waals surface area contributed by atoms with Gasteiger partial charge in [0.25, 0.3) is 11.6 Å². The van der Waals surface area contributed by atoms with Crippen molar-refractivity contribution in [3.8, 4) is 0 Å². The molecule has 7 nitrogen and oxygen atoms in total. The lowest BCUT2D eigenvalue weighted by molar-refractivity contribution is -0.385. The first kappa shape index (κ1) is 18.1. The van der Waals surface area contributed by atoms with Crippen molar-refractivity contribution in [2.75, 3.05) is 0 Å². The van der Waals surface area contributed by atoms with E-state index in [4.69, 9.17) is 4.74 Å². The average Bonchev–Trinajstić information content (AvgIpc) is 2.60. The van der Waals surface area contributed by atoms with E-state index in [2.05, 4.69) is 5.32 Å². The second kappa shape index (κ2) is 8.05. The van der Waals surface area contributed by atoms with E-state index in [1.807, 2.05) is 0 Å². The number of esters is 1. The Hall–Kier alpha value is -3.22. The molecule has 1 N–H and O–H groups in total. The Bertz CT molecular complexity index is 789. The van der Waals surface area contributed by atoms with E-state index >= 15 is 0 Å². The molecule has 0 unspecified atom stereocenters. The summed E-state index contributed by atoms with van der Waals surface area (Å²) in [7, 11) is 0. The summed E-state index contributed by atoms with van der Waals surface area (Å²) >= 11 is 0. The molecule has 2 aromatic rings. The third kappa shape index (κ3) is 4.63. The van der Waals surface area contributed by atoms with Crippen LogP contribution in [-0.2, 0) is 16.1 Å². The van der Waals surface area contributed by atoms with E-state index in [9.17, 15) is 19.7 Å². The summed E-state index contributed by atoms with van der Waals surface area (Å²) < 4.78 is 5.17. The van der Waals surface area contributed by atoms with Crippen molar-refractivity contribution >= 4 is 17.6 Å². The van der Waals surface area contributed by atoms with Crippen molar-refractivity contribution in [1.29, 1.82) is 0 Å². The average molecular weight is 342 g/mol. The minimum Gasteiger partial charge on any atom is -0.459 e. The number of nitrogens with zero attached hydrogens (tertiary/aromatic N) is 1. The van der Waals surface area contributed by atoms with Crippen molar-refractivity contribution in [3.05, 3.63) is 75.3 Å². The van der Waals surface area contributed by atoms with Crippen LogP contribution in [-0.4, -0.2) is 22.8 Å². The summed E-state index contributed by atoms with van der Waals surface area (Å²) in [5.41, 5.74) is 1.40. The zero-order valence-electron chi connectivity index (χ0n) is 13.9. The topological polar surface area (TPSA) is 98.5 Å². The Morgan fingerprint density at radius 2 is 1.84 bits per heavy atom. The third-order valence-electron chi connectivity index (χ3n) is 3.72. The van der Waals surface area contributed by atoms with Gasteiger partial charge in [-0.3, -0.25) is 14.9 Å². The molecule has 0 heterocycles. The maximum atomic E-state index is 12.0. The van der Waals surface area contributed by atoms with Gasteiger partial charge in [0.05, 0.1) is 4.92 Å². The van der Waals surface area contributed by atoms with E-state index in [1.54, 1.807) is 43.3 Å². The van der Waals surface area contributed by atoms with Gasteiger partial charge in [0.2, 0.25) is 0 Å². The first-order chi connectivity index (χ1) is 11.9. The molecule has 0 fully saturated rings. The number of amides is 1. The zero-order valence-corrected chi connectivity index (χ0v) is 13.9. The van der Waals surface area contributed by atoms with Crippen LogP contribution in [0.1, 0.15) is 28.4 Å². The minimum atomic E-state index is -0.841. The van der Waals surface area contributed by atoms with Gasteiger partial charge in [0, 0.05) is 17.2 Å². The molecule has 0 aliphatic rings.